The molecule has 1 amide bonds. The van der Waals surface area contributed by atoms with Crippen LogP contribution in [0.2, 0.25) is 0 Å². The summed E-state index contributed by atoms with van der Waals surface area (Å²) in [7, 11) is 0. The second-order valence-electron chi connectivity index (χ2n) is 4.47. The third-order valence-electron chi connectivity index (χ3n) is 3.22. The van der Waals surface area contributed by atoms with Crippen LogP contribution in [-0.4, -0.2) is 17.7 Å². The number of hydrogen-bond acceptors (Lipinski definition) is 4. The summed E-state index contributed by atoms with van der Waals surface area (Å²) < 4.78 is 0. The van der Waals surface area contributed by atoms with Gasteiger partial charge in [-0.05, 0) is 24.3 Å². The quantitative estimate of drug-likeness (QED) is 0.483. The Morgan fingerprint density at radius 1 is 1.05 bits per heavy atom. The molecule has 0 fully saturated rings. The molecule has 1 aliphatic rings. The van der Waals surface area contributed by atoms with Crippen LogP contribution in [0.15, 0.2) is 58.3 Å². The largest absolute Gasteiger partial charge is 1.00 e. The molecule has 0 aliphatic carbocycles. The Bertz CT molecular complexity index is 606. The van der Waals surface area contributed by atoms with Crippen molar-refractivity contribution in [3.63, 3.8) is 0 Å². The Balaban J connectivity index is 0.00000161. The maximum Gasteiger partial charge on any atom is 1.00 e. The number of nitrogens with one attached hydrogen (secondary N) is 1. The van der Waals surface area contributed by atoms with Crippen molar-refractivity contribution >= 4 is 29.0 Å². The minimum absolute atomic E-state index is 0. The Hall–Kier alpha value is -0.980. The minimum Gasteiger partial charge on any atom is -0.339 e. The first-order valence-electron chi connectivity index (χ1n) is 6.36. The summed E-state index contributed by atoms with van der Waals surface area (Å²) in [5, 5.41) is 8.63. The van der Waals surface area contributed by atoms with Crippen LogP contribution in [0.5, 0.6) is 0 Å². The van der Waals surface area contributed by atoms with Crippen LogP contribution in [-0.2, 0) is 4.79 Å². The summed E-state index contributed by atoms with van der Waals surface area (Å²) in [4.78, 5) is 15.8. The molecule has 1 heterocycles. The van der Waals surface area contributed by atoms with Gasteiger partial charge in [0.25, 0.3) is 0 Å². The van der Waals surface area contributed by atoms with E-state index in [1.165, 1.54) is 9.79 Å². The monoisotopic (exact) mass is 309 g/mol. The standard InChI is InChI=1S/C15H14N2O2S.Na/c18-15(16-19)9-10-17-11-5-1-3-7-13(11)20-14-8-4-2-6-12(14)17;/h1-8,19H,9-10H2,(H,16,18);/q;+1. The SMILES string of the molecule is O=C(CCN1c2ccccc2Sc2ccccc21)NO.[Na+]. The number of nitrogens with zero attached hydrogens (tertiary/aromatic N) is 1. The maximum absolute atomic E-state index is 11.3. The van der Waals surface area contributed by atoms with Crippen LogP contribution in [0.4, 0.5) is 11.4 Å². The Morgan fingerprint density at radius 3 is 2.10 bits per heavy atom. The molecule has 1 aliphatic heterocycles. The van der Waals surface area contributed by atoms with Gasteiger partial charge in [0.1, 0.15) is 0 Å². The second-order valence-corrected chi connectivity index (χ2v) is 5.56. The first kappa shape index (κ1) is 16.4. The van der Waals surface area contributed by atoms with E-state index in [-0.39, 0.29) is 41.9 Å². The summed E-state index contributed by atoms with van der Waals surface area (Å²) in [6.07, 6.45) is 0.240. The van der Waals surface area contributed by atoms with Gasteiger partial charge in [0.2, 0.25) is 5.91 Å². The van der Waals surface area contributed by atoms with Crippen LogP contribution >= 0.6 is 11.8 Å². The van der Waals surface area contributed by atoms with E-state index in [2.05, 4.69) is 29.2 Å². The molecule has 0 spiro atoms. The van der Waals surface area contributed by atoms with E-state index in [4.69, 9.17) is 5.21 Å². The first-order chi connectivity index (χ1) is 9.79. The predicted octanol–water partition coefficient (Wildman–Crippen LogP) is 0.189. The van der Waals surface area contributed by atoms with E-state index < -0.39 is 0 Å². The van der Waals surface area contributed by atoms with Crippen molar-refractivity contribution in [2.45, 2.75) is 16.2 Å². The zero-order valence-electron chi connectivity index (χ0n) is 11.7. The van der Waals surface area contributed by atoms with E-state index in [1.807, 2.05) is 24.3 Å². The van der Waals surface area contributed by atoms with E-state index in [0.29, 0.717) is 6.54 Å². The number of fused-ring (bicyclic) bond motifs is 2. The fraction of sp³-hybridized carbons (Fsp3) is 0.133. The van der Waals surface area contributed by atoms with Gasteiger partial charge in [-0.15, -0.1) is 0 Å². The van der Waals surface area contributed by atoms with E-state index in [1.54, 1.807) is 17.2 Å². The number of carbonyl (C=O) groups excluding carboxylic acids is 1. The predicted molar refractivity (Wildman–Crippen MR) is 78.6 cm³/mol. The summed E-state index contributed by atoms with van der Waals surface area (Å²) in [6.45, 7) is 0.529. The van der Waals surface area contributed by atoms with E-state index in [0.717, 1.165) is 11.4 Å². The molecule has 4 nitrogen and oxygen atoms in total. The van der Waals surface area contributed by atoms with Crippen molar-refractivity contribution in [3.05, 3.63) is 48.5 Å². The molecule has 0 bridgehead atoms. The van der Waals surface area contributed by atoms with Crippen molar-refractivity contribution in [3.8, 4) is 0 Å². The third-order valence-corrected chi connectivity index (χ3v) is 4.35. The van der Waals surface area contributed by atoms with E-state index in [9.17, 15) is 4.79 Å². The number of amides is 1. The molecule has 0 saturated carbocycles. The molecule has 0 radical (unpaired) electrons. The van der Waals surface area contributed by atoms with Crippen molar-refractivity contribution in [1.29, 1.82) is 0 Å². The van der Waals surface area contributed by atoms with Gasteiger partial charge in [0.15, 0.2) is 0 Å². The molecular weight excluding hydrogens is 295 g/mol. The maximum atomic E-state index is 11.3. The Labute approximate surface area is 149 Å². The van der Waals surface area contributed by atoms with Gasteiger partial charge in [-0.2, -0.15) is 0 Å². The summed E-state index contributed by atoms with van der Waals surface area (Å²) in [6, 6.07) is 16.3. The molecule has 0 aromatic heterocycles. The molecule has 0 saturated heterocycles. The van der Waals surface area contributed by atoms with Crippen molar-refractivity contribution in [1.82, 2.24) is 5.48 Å². The topological polar surface area (TPSA) is 52.6 Å². The number of rotatable bonds is 3. The van der Waals surface area contributed by atoms with Gasteiger partial charge in [0, 0.05) is 22.8 Å². The molecule has 102 valence electrons. The molecule has 2 aromatic carbocycles. The molecule has 2 N–H and O–H groups in total. The number of hydrogen-bond donors (Lipinski definition) is 2. The Morgan fingerprint density at radius 2 is 1.57 bits per heavy atom. The van der Waals surface area contributed by atoms with Crippen molar-refractivity contribution < 1.29 is 39.6 Å². The smallest absolute Gasteiger partial charge is 0.339 e. The van der Waals surface area contributed by atoms with Crippen LogP contribution in [0.25, 0.3) is 0 Å². The molecule has 6 heteroatoms. The molecule has 0 atom stereocenters. The van der Waals surface area contributed by atoms with Crippen LogP contribution in [0.1, 0.15) is 6.42 Å². The average Bonchev–Trinajstić information content (AvgIpc) is 2.51. The van der Waals surface area contributed by atoms with Crippen molar-refractivity contribution in [2.24, 2.45) is 0 Å². The Kier molecular flexibility index (Phi) is 5.72. The van der Waals surface area contributed by atoms with Gasteiger partial charge in [-0.25, -0.2) is 5.48 Å². The van der Waals surface area contributed by atoms with Gasteiger partial charge in [-0.1, -0.05) is 36.0 Å². The molecule has 0 unspecified atom stereocenters. The van der Waals surface area contributed by atoms with E-state index >= 15 is 0 Å². The number of hydroxylamine groups is 1. The van der Waals surface area contributed by atoms with Crippen LogP contribution < -0.4 is 39.9 Å². The summed E-state index contributed by atoms with van der Waals surface area (Å²) in [5.41, 5.74) is 3.88. The second kappa shape index (κ2) is 7.33. The third kappa shape index (κ3) is 3.44. The fourth-order valence-corrected chi connectivity index (χ4v) is 3.39. The van der Waals surface area contributed by atoms with Gasteiger partial charge in [-0.3, -0.25) is 10.0 Å². The number of benzene rings is 2. The zero-order valence-corrected chi connectivity index (χ0v) is 14.6. The number of carbonyl (C=O) groups is 1. The summed E-state index contributed by atoms with van der Waals surface area (Å²) in [5.74, 6) is -0.377. The van der Waals surface area contributed by atoms with Gasteiger partial charge in [0.05, 0.1) is 11.4 Å². The molecule has 21 heavy (non-hydrogen) atoms. The van der Waals surface area contributed by atoms with Crippen LogP contribution in [0.3, 0.4) is 0 Å². The van der Waals surface area contributed by atoms with Crippen molar-refractivity contribution in [2.75, 3.05) is 11.4 Å². The minimum atomic E-state index is -0.377. The first-order valence-corrected chi connectivity index (χ1v) is 7.17. The normalized spacial score (nSPS) is 12.0. The fourth-order valence-electron chi connectivity index (χ4n) is 2.29. The van der Waals surface area contributed by atoms with Gasteiger partial charge >= 0.3 is 29.6 Å². The molecular formula is C15H14N2NaO2S+. The van der Waals surface area contributed by atoms with Gasteiger partial charge < -0.3 is 4.90 Å². The number of para-hydroxylation sites is 2. The van der Waals surface area contributed by atoms with Crippen LogP contribution in [0, 0.1) is 0 Å². The number of anilines is 2. The molecule has 2 aromatic rings. The zero-order chi connectivity index (χ0) is 13.9. The average molecular weight is 309 g/mol. The molecule has 3 rings (SSSR count). The summed E-state index contributed by atoms with van der Waals surface area (Å²) >= 11 is 1.73.